The van der Waals surface area contributed by atoms with Crippen molar-refractivity contribution < 1.29 is 4.39 Å². The van der Waals surface area contributed by atoms with Gasteiger partial charge in [-0.25, -0.2) is 9.37 Å². The van der Waals surface area contributed by atoms with Crippen LogP contribution in [0.1, 0.15) is 18.4 Å². The molecule has 134 valence electrons. The van der Waals surface area contributed by atoms with Gasteiger partial charge in [-0.15, -0.1) is 0 Å². The molecule has 1 aliphatic rings. The molecule has 6 heteroatoms. The summed E-state index contributed by atoms with van der Waals surface area (Å²) in [6.07, 6.45) is 4.71. The predicted octanol–water partition coefficient (Wildman–Crippen LogP) is 3.02. The van der Waals surface area contributed by atoms with Gasteiger partial charge in [-0.3, -0.25) is 0 Å². The highest BCUT2D eigenvalue weighted by Gasteiger charge is 2.20. The molecule has 1 saturated heterocycles. The van der Waals surface area contributed by atoms with E-state index in [4.69, 9.17) is 0 Å². The van der Waals surface area contributed by atoms with Crippen LogP contribution in [0.5, 0.6) is 0 Å². The van der Waals surface area contributed by atoms with E-state index >= 15 is 0 Å². The van der Waals surface area contributed by atoms with Gasteiger partial charge in [-0.1, -0.05) is 30.3 Å². The zero-order chi connectivity index (χ0) is 17.5. The fourth-order valence-electron chi connectivity index (χ4n) is 3.32. The number of halogens is 1. The minimum absolute atomic E-state index is 0.227. The third-order valence-electron chi connectivity index (χ3n) is 4.69. The number of anilines is 2. The van der Waals surface area contributed by atoms with Crippen LogP contribution in [0.3, 0.4) is 0 Å². The fourth-order valence-corrected chi connectivity index (χ4v) is 3.32. The van der Waals surface area contributed by atoms with Crippen molar-refractivity contribution in [1.29, 1.82) is 0 Å². The van der Waals surface area contributed by atoms with Crippen molar-refractivity contribution in [1.82, 2.24) is 14.9 Å². The highest BCUT2D eigenvalue weighted by molar-refractivity contribution is 5.40. The number of rotatable bonds is 7. The first-order chi connectivity index (χ1) is 12.2. The van der Waals surface area contributed by atoms with Crippen molar-refractivity contribution in [2.24, 2.45) is 5.92 Å². The van der Waals surface area contributed by atoms with Crippen LogP contribution in [-0.2, 0) is 6.42 Å². The Hall–Kier alpha value is -2.21. The van der Waals surface area contributed by atoms with Crippen LogP contribution >= 0.6 is 0 Å². The second-order valence-corrected chi connectivity index (χ2v) is 6.57. The molecule has 1 aliphatic heterocycles. The summed E-state index contributed by atoms with van der Waals surface area (Å²) in [7, 11) is 1.65. The number of piperidine rings is 1. The maximum absolute atomic E-state index is 13.4. The van der Waals surface area contributed by atoms with Crippen LogP contribution in [-0.4, -0.2) is 48.1 Å². The van der Waals surface area contributed by atoms with Gasteiger partial charge in [0.25, 0.3) is 0 Å². The minimum atomic E-state index is -0.433. The fraction of sp³-hybridized carbons (Fsp3) is 0.474. The quantitative estimate of drug-likeness (QED) is 0.809. The summed E-state index contributed by atoms with van der Waals surface area (Å²) >= 11 is 0. The second kappa shape index (κ2) is 8.76. The van der Waals surface area contributed by atoms with Crippen LogP contribution in [0.25, 0.3) is 0 Å². The number of nitrogens with one attached hydrogen (secondary N) is 2. The molecule has 1 aromatic heterocycles. The molecule has 0 radical (unpaired) electrons. The number of hydrogen-bond donors (Lipinski definition) is 2. The Kier molecular flexibility index (Phi) is 6.17. The number of likely N-dealkylation sites (tertiary alicyclic amines) is 1. The molecule has 1 unspecified atom stereocenters. The molecule has 1 fully saturated rings. The van der Waals surface area contributed by atoms with E-state index in [1.165, 1.54) is 31.1 Å². The Morgan fingerprint density at radius 3 is 2.92 bits per heavy atom. The first-order valence-electron chi connectivity index (χ1n) is 8.95. The second-order valence-electron chi connectivity index (χ2n) is 6.57. The van der Waals surface area contributed by atoms with E-state index in [0.717, 1.165) is 26.1 Å². The largest absolute Gasteiger partial charge is 0.371 e. The summed E-state index contributed by atoms with van der Waals surface area (Å²) < 4.78 is 13.4. The zero-order valence-corrected chi connectivity index (χ0v) is 14.7. The lowest BCUT2D eigenvalue weighted by Crippen LogP contribution is -2.39. The zero-order valence-electron chi connectivity index (χ0n) is 14.7. The molecule has 0 amide bonds. The Balaban J connectivity index is 1.46. The molecule has 3 rings (SSSR count). The van der Waals surface area contributed by atoms with E-state index in [2.05, 4.69) is 55.8 Å². The van der Waals surface area contributed by atoms with Crippen molar-refractivity contribution in [2.75, 3.05) is 43.9 Å². The monoisotopic (exact) mass is 343 g/mol. The number of nitrogens with zero attached hydrogens (tertiary/aromatic N) is 3. The molecule has 0 aliphatic carbocycles. The molecule has 1 atom stereocenters. The Labute approximate surface area is 148 Å². The summed E-state index contributed by atoms with van der Waals surface area (Å²) in [5.74, 6) is 0.840. The van der Waals surface area contributed by atoms with E-state index in [1.807, 2.05) is 0 Å². The normalized spacial score (nSPS) is 18.1. The number of aromatic nitrogens is 2. The molecule has 0 saturated carbocycles. The number of hydrogen-bond acceptors (Lipinski definition) is 5. The van der Waals surface area contributed by atoms with Gasteiger partial charge in [0.2, 0.25) is 5.95 Å². The van der Waals surface area contributed by atoms with Gasteiger partial charge >= 0.3 is 0 Å². The van der Waals surface area contributed by atoms with Gasteiger partial charge in [0.15, 0.2) is 11.6 Å². The van der Waals surface area contributed by atoms with Gasteiger partial charge in [-0.05, 0) is 37.3 Å². The summed E-state index contributed by atoms with van der Waals surface area (Å²) in [5.41, 5.74) is 1.39. The van der Waals surface area contributed by atoms with Crippen LogP contribution in [0.4, 0.5) is 16.2 Å². The van der Waals surface area contributed by atoms with Crippen LogP contribution in [0.2, 0.25) is 0 Å². The van der Waals surface area contributed by atoms with Gasteiger partial charge in [0, 0.05) is 26.7 Å². The molecule has 25 heavy (non-hydrogen) atoms. The minimum Gasteiger partial charge on any atom is -0.371 e. The molecule has 2 N–H and O–H groups in total. The first kappa shape index (κ1) is 17.6. The molecule has 2 aromatic rings. The van der Waals surface area contributed by atoms with Crippen molar-refractivity contribution in [3.05, 3.63) is 47.9 Å². The molecule has 5 nitrogen and oxygen atoms in total. The lowest BCUT2D eigenvalue weighted by atomic mass is 9.97. The lowest BCUT2D eigenvalue weighted by molar-refractivity contribution is 0.182. The van der Waals surface area contributed by atoms with E-state index < -0.39 is 5.82 Å². The number of benzene rings is 1. The summed E-state index contributed by atoms with van der Waals surface area (Å²) in [6.45, 7) is 4.16. The first-order valence-corrected chi connectivity index (χ1v) is 8.95. The van der Waals surface area contributed by atoms with Crippen molar-refractivity contribution in [3.63, 3.8) is 0 Å². The van der Waals surface area contributed by atoms with Gasteiger partial charge < -0.3 is 15.5 Å². The highest BCUT2D eigenvalue weighted by atomic mass is 19.1. The van der Waals surface area contributed by atoms with Gasteiger partial charge in [0.1, 0.15) is 0 Å². The van der Waals surface area contributed by atoms with Gasteiger partial charge in [-0.2, -0.15) is 4.98 Å². The summed E-state index contributed by atoms with van der Waals surface area (Å²) in [4.78, 5) is 10.7. The molecular formula is C19H26FN5. The predicted molar refractivity (Wildman–Crippen MR) is 99.3 cm³/mol. The Morgan fingerprint density at radius 1 is 1.28 bits per heavy atom. The summed E-state index contributed by atoms with van der Waals surface area (Å²) in [6, 6.07) is 10.6. The van der Waals surface area contributed by atoms with Crippen LogP contribution < -0.4 is 10.6 Å². The van der Waals surface area contributed by atoms with Crippen LogP contribution in [0.15, 0.2) is 36.5 Å². The molecule has 0 spiro atoms. The standard InChI is InChI=1S/C19H26FN5/c1-21-18-17(20)13-23-19(24-18)22-12-16-8-5-10-25(14-16)11-9-15-6-3-2-4-7-15/h2-4,6-7,13,16H,5,8-12,14H2,1H3,(H2,21,22,23,24). The SMILES string of the molecule is CNc1nc(NCC2CCCN(CCc3ccccc3)C2)ncc1F. The summed E-state index contributed by atoms with van der Waals surface area (Å²) in [5, 5.41) is 5.99. The smallest absolute Gasteiger partial charge is 0.224 e. The maximum atomic E-state index is 13.4. The van der Waals surface area contributed by atoms with E-state index in [9.17, 15) is 4.39 Å². The lowest BCUT2D eigenvalue weighted by Gasteiger charge is -2.32. The Bertz CT molecular complexity index is 664. The molecular weight excluding hydrogens is 317 g/mol. The third kappa shape index (κ3) is 5.13. The third-order valence-corrected chi connectivity index (χ3v) is 4.69. The molecule has 0 bridgehead atoms. The van der Waals surface area contributed by atoms with Crippen molar-refractivity contribution >= 4 is 11.8 Å². The van der Waals surface area contributed by atoms with E-state index in [1.54, 1.807) is 7.05 Å². The average Bonchev–Trinajstić information content (AvgIpc) is 2.67. The molecule has 2 heterocycles. The Morgan fingerprint density at radius 2 is 2.12 bits per heavy atom. The van der Waals surface area contributed by atoms with Gasteiger partial charge in [0.05, 0.1) is 6.20 Å². The van der Waals surface area contributed by atoms with Crippen LogP contribution in [0, 0.1) is 11.7 Å². The maximum Gasteiger partial charge on any atom is 0.224 e. The topological polar surface area (TPSA) is 53.1 Å². The van der Waals surface area contributed by atoms with E-state index in [-0.39, 0.29) is 5.82 Å². The highest BCUT2D eigenvalue weighted by Crippen LogP contribution is 2.18. The van der Waals surface area contributed by atoms with Crippen molar-refractivity contribution in [2.45, 2.75) is 19.3 Å². The molecule has 1 aromatic carbocycles. The van der Waals surface area contributed by atoms with E-state index in [0.29, 0.717) is 11.9 Å². The van der Waals surface area contributed by atoms with Crippen molar-refractivity contribution in [3.8, 4) is 0 Å². The average molecular weight is 343 g/mol.